The van der Waals surface area contributed by atoms with Gasteiger partial charge in [-0.3, -0.25) is 0 Å². The summed E-state index contributed by atoms with van der Waals surface area (Å²) in [4.78, 5) is 1.98. The lowest BCUT2D eigenvalue weighted by Crippen LogP contribution is -2.14. The van der Waals surface area contributed by atoms with Crippen molar-refractivity contribution in [1.29, 1.82) is 0 Å². The van der Waals surface area contributed by atoms with Crippen LogP contribution in [0.2, 0.25) is 5.02 Å². The topological polar surface area (TPSA) is 3.24 Å². The Hall–Kier alpha value is -0.670. The fourth-order valence-electron chi connectivity index (χ4n) is 1.38. The standard InChI is InChI=1S/C11H14ClF2N/c1-15(2)5-3-4-9-10(13)6-8(12)7-11(9)14/h6-7H,3-5H2,1-2H3. The minimum absolute atomic E-state index is 0.0985. The average molecular weight is 234 g/mol. The van der Waals surface area contributed by atoms with Crippen molar-refractivity contribution in [3.8, 4) is 0 Å². The molecule has 0 fully saturated rings. The first-order valence-corrected chi connectivity index (χ1v) is 5.16. The van der Waals surface area contributed by atoms with E-state index in [1.54, 1.807) is 0 Å². The van der Waals surface area contributed by atoms with E-state index in [0.717, 1.165) is 25.1 Å². The van der Waals surface area contributed by atoms with Crippen molar-refractivity contribution in [1.82, 2.24) is 4.90 Å². The third-order valence-corrected chi connectivity index (χ3v) is 2.36. The molecule has 4 heteroatoms. The van der Waals surface area contributed by atoms with Crippen LogP contribution in [-0.4, -0.2) is 25.5 Å². The van der Waals surface area contributed by atoms with Gasteiger partial charge in [0.1, 0.15) is 11.6 Å². The molecule has 0 atom stereocenters. The predicted octanol–water partition coefficient (Wildman–Crippen LogP) is 3.11. The minimum Gasteiger partial charge on any atom is -0.309 e. The average Bonchev–Trinajstić information content (AvgIpc) is 2.08. The quantitative estimate of drug-likeness (QED) is 0.773. The molecular formula is C11H14ClF2N. The van der Waals surface area contributed by atoms with Gasteiger partial charge in [-0.05, 0) is 45.6 Å². The number of hydrogen-bond donors (Lipinski definition) is 0. The Kier molecular flexibility index (Phi) is 4.48. The number of nitrogens with zero attached hydrogens (tertiary/aromatic N) is 1. The monoisotopic (exact) mass is 233 g/mol. The maximum Gasteiger partial charge on any atom is 0.130 e. The van der Waals surface area contributed by atoms with Crippen LogP contribution in [0.4, 0.5) is 8.78 Å². The van der Waals surface area contributed by atoms with E-state index in [9.17, 15) is 8.78 Å². The Balaban J connectivity index is 2.68. The van der Waals surface area contributed by atoms with Gasteiger partial charge in [-0.15, -0.1) is 0 Å². The Morgan fingerprint density at radius 1 is 1.20 bits per heavy atom. The van der Waals surface area contributed by atoms with Gasteiger partial charge in [0, 0.05) is 10.6 Å². The SMILES string of the molecule is CN(C)CCCc1c(F)cc(Cl)cc1F. The van der Waals surface area contributed by atoms with E-state index < -0.39 is 11.6 Å². The van der Waals surface area contributed by atoms with Crippen molar-refractivity contribution in [2.45, 2.75) is 12.8 Å². The largest absolute Gasteiger partial charge is 0.309 e. The van der Waals surface area contributed by atoms with Crippen LogP contribution in [0.25, 0.3) is 0 Å². The van der Waals surface area contributed by atoms with Crippen LogP contribution in [-0.2, 0) is 6.42 Å². The third kappa shape index (κ3) is 3.76. The summed E-state index contributed by atoms with van der Waals surface area (Å²) in [7, 11) is 3.85. The van der Waals surface area contributed by atoms with Crippen LogP contribution in [0.15, 0.2) is 12.1 Å². The van der Waals surface area contributed by atoms with E-state index in [4.69, 9.17) is 11.6 Å². The van der Waals surface area contributed by atoms with E-state index in [-0.39, 0.29) is 10.6 Å². The fraction of sp³-hybridized carbons (Fsp3) is 0.455. The van der Waals surface area contributed by atoms with E-state index >= 15 is 0 Å². The van der Waals surface area contributed by atoms with Crippen LogP contribution in [0.1, 0.15) is 12.0 Å². The second-order valence-electron chi connectivity index (χ2n) is 3.75. The number of benzene rings is 1. The fourth-order valence-corrected chi connectivity index (χ4v) is 1.57. The molecule has 0 saturated heterocycles. The van der Waals surface area contributed by atoms with Gasteiger partial charge in [-0.2, -0.15) is 0 Å². The Morgan fingerprint density at radius 3 is 2.20 bits per heavy atom. The molecule has 1 nitrogen and oxygen atoms in total. The summed E-state index contributed by atoms with van der Waals surface area (Å²) in [5.41, 5.74) is 0.126. The smallest absolute Gasteiger partial charge is 0.130 e. The molecule has 0 aromatic heterocycles. The van der Waals surface area contributed by atoms with Gasteiger partial charge in [0.25, 0.3) is 0 Å². The first-order chi connectivity index (χ1) is 7.00. The van der Waals surface area contributed by atoms with Crippen LogP contribution < -0.4 is 0 Å². The lowest BCUT2D eigenvalue weighted by Gasteiger charge is -2.10. The van der Waals surface area contributed by atoms with Gasteiger partial charge >= 0.3 is 0 Å². The highest BCUT2D eigenvalue weighted by Gasteiger charge is 2.10. The van der Waals surface area contributed by atoms with E-state index in [1.165, 1.54) is 0 Å². The van der Waals surface area contributed by atoms with Crippen LogP contribution in [0.5, 0.6) is 0 Å². The Bertz CT molecular complexity index is 316. The summed E-state index contributed by atoms with van der Waals surface area (Å²) in [6.45, 7) is 0.807. The number of rotatable bonds is 4. The molecule has 0 amide bonds. The summed E-state index contributed by atoms with van der Waals surface area (Å²) >= 11 is 5.52. The molecule has 0 aliphatic carbocycles. The molecule has 0 spiro atoms. The van der Waals surface area contributed by atoms with E-state index in [2.05, 4.69) is 0 Å². The second kappa shape index (κ2) is 5.42. The molecule has 1 rings (SSSR count). The van der Waals surface area contributed by atoms with Crippen molar-refractivity contribution < 1.29 is 8.78 Å². The predicted molar refractivity (Wildman–Crippen MR) is 58.2 cm³/mol. The first-order valence-electron chi connectivity index (χ1n) is 4.79. The highest BCUT2D eigenvalue weighted by Crippen LogP contribution is 2.20. The van der Waals surface area contributed by atoms with Crippen molar-refractivity contribution in [3.63, 3.8) is 0 Å². The van der Waals surface area contributed by atoms with E-state index in [1.807, 2.05) is 19.0 Å². The summed E-state index contributed by atoms with van der Waals surface area (Å²) in [5, 5.41) is 0.0985. The molecule has 0 unspecified atom stereocenters. The van der Waals surface area contributed by atoms with Gasteiger partial charge in [0.15, 0.2) is 0 Å². The van der Waals surface area contributed by atoms with E-state index in [0.29, 0.717) is 6.42 Å². The minimum atomic E-state index is -0.557. The maximum atomic E-state index is 13.3. The molecule has 1 aromatic carbocycles. The molecule has 0 aliphatic rings. The molecule has 0 aliphatic heterocycles. The van der Waals surface area contributed by atoms with Crippen LogP contribution in [0, 0.1) is 11.6 Å². The van der Waals surface area contributed by atoms with Gasteiger partial charge in [-0.1, -0.05) is 11.6 Å². The number of hydrogen-bond acceptors (Lipinski definition) is 1. The highest BCUT2D eigenvalue weighted by atomic mass is 35.5. The lowest BCUT2D eigenvalue weighted by atomic mass is 10.1. The van der Waals surface area contributed by atoms with Gasteiger partial charge in [0.05, 0.1) is 0 Å². The Morgan fingerprint density at radius 2 is 1.73 bits per heavy atom. The van der Waals surface area contributed by atoms with Crippen molar-refractivity contribution >= 4 is 11.6 Å². The zero-order valence-corrected chi connectivity index (χ0v) is 9.61. The van der Waals surface area contributed by atoms with Crippen molar-refractivity contribution in [3.05, 3.63) is 34.4 Å². The zero-order chi connectivity index (χ0) is 11.4. The molecule has 15 heavy (non-hydrogen) atoms. The molecule has 0 radical (unpaired) electrons. The lowest BCUT2D eigenvalue weighted by molar-refractivity contribution is 0.397. The summed E-state index contributed by atoms with van der Waals surface area (Å²) in [6, 6.07) is 2.30. The molecular weight excluding hydrogens is 220 g/mol. The normalized spacial score (nSPS) is 11.1. The molecule has 1 aromatic rings. The van der Waals surface area contributed by atoms with Crippen molar-refractivity contribution in [2.24, 2.45) is 0 Å². The van der Waals surface area contributed by atoms with Crippen molar-refractivity contribution in [2.75, 3.05) is 20.6 Å². The molecule has 0 N–H and O–H groups in total. The molecule has 84 valence electrons. The third-order valence-electron chi connectivity index (χ3n) is 2.14. The molecule has 0 saturated carbocycles. The second-order valence-corrected chi connectivity index (χ2v) is 4.19. The molecule has 0 heterocycles. The number of halogens is 3. The highest BCUT2D eigenvalue weighted by molar-refractivity contribution is 6.30. The molecule has 0 bridgehead atoms. The first kappa shape index (κ1) is 12.4. The maximum absolute atomic E-state index is 13.3. The van der Waals surface area contributed by atoms with Gasteiger partial charge < -0.3 is 4.90 Å². The zero-order valence-electron chi connectivity index (χ0n) is 8.86. The van der Waals surface area contributed by atoms with Gasteiger partial charge in [-0.25, -0.2) is 8.78 Å². The van der Waals surface area contributed by atoms with Crippen LogP contribution >= 0.6 is 11.6 Å². The summed E-state index contributed by atoms with van der Waals surface area (Å²) in [6.07, 6.45) is 1.12. The summed E-state index contributed by atoms with van der Waals surface area (Å²) in [5.74, 6) is -1.11. The Labute approximate surface area is 93.7 Å². The van der Waals surface area contributed by atoms with Gasteiger partial charge in [0.2, 0.25) is 0 Å². The summed E-state index contributed by atoms with van der Waals surface area (Å²) < 4.78 is 26.6. The van der Waals surface area contributed by atoms with Crippen LogP contribution in [0.3, 0.4) is 0 Å².